The number of hydrogen-bond donors (Lipinski definition) is 2. The van der Waals surface area contributed by atoms with Gasteiger partial charge in [0, 0.05) is 60.6 Å². The number of nitrogens with zero attached hydrogens (tertiary/aromatic N) is 5. The van der Waals surface area contributed by atoms with Gasteiger partial charge in [0.1, 0.15) is 11.9 Å². The molecule has 6 rings (SSSR count). The number of carbonyl (C=O) groups is 3. The van der Waals surface area contributed by atoms with Crippen molar-refractivity contribution in [2.24, 2.45) is 4.99 Å². The van der Waals surface area contributed by atoms with Gasteiger partial charge in [0.25, 0.3) is 0 Å². The van der Waals surface area contributed by atoms with Crippen LogP contribution in [0.25, 0.3) is 0 Å². The SMILES string of the molecule is COC(=O)C1=C(CN2CCN3C(=O)N(C4(CC(=O)O)CC4)C[C@H]3C2)NC(c2nccs2)=N[C@H]1c1ccc(F)cc1Cl. The third-order valence-electron chi connectivity index (χ3n) is 8.12. The Kier molecular flexibility index (Phi) is 7.20. The van der Waals surface area contributed by atoms with Gasteiger partial charge in [0.05, 0.1) is 30.7 Å². The maximum atomic E-state index is 13.9. The van der Waals surface area contributed by atoms with E-state index >= 15 is 0 Å². The molecule has 2 atom stereocenters. The highest BCUT2D eigenvalue weighted by molar-refractivity contribution is 7.11. The number of thiazole rings is 1. The van der Waals surface area contributed by atoms with Crippen LogP contribution in [-0.2, 0) is 14.3 Å². The van der Waals surface area contributed by atoms with Crippen LogP contribution in [0.1, 0.15) is 35.9 Å². The van der Waals surface area contributed by atoms with Crippen molar-refractivity contribution in [3.63, 3.8) is 0 Å². The summed E-state index contributed by atoms with van der Waals surface area (Å²) in [7, 11) is 1.29. The molecule has 1 aromatic heterocycles. The number of carboxylic acids is 1. The second-order valence-corrected chi connectivity index (χ2v) is 12.0. The van der Waals surface area contributed by atoms with Gasteiger partial charge in [-0.3, -0.25) is 14.7 Å². The molecule has 0 unspecified atom stereocenters. The molecule has 216 valence electrons. The quantitative estimate of drug-likeness (QED) is 0.442. The van der Waals surface area contributed by atoms with E-state index in [4.69, 9.17) is 21.3 Å². The zero-order valence-electron chi connectivity index (χ0n) is 22.2. The number of urea groups is 1. The number of piperazine rings is 1. The average molecular weight is 603 g/mol. The Morgan fingerprint density at radius 2 is 2.10 bits per heavy atom. The van der Waals surface area contributed by atoms with E-state index in [9.17, 15) is 23.9 Å². The van der Waals surface area contributed by atoms with E-state index < -0.39 is 29.3 Å². The molecule has 2 aromatic rings. The maximum Gasteiger partial charge on any atom is 0.338 e. The zero-order chi connectivity index (χ0) is 28.9. The van der Waals surface area contributed by atoms with Gasteiger partial charge in [-0.2, -0.15) is 0 Å². The number of aliphatic carboxylic acids is 1. The third kappa shape index (κ3) is 5.17. The molecule has 0 spiro atoms. The highest BCUT2D eigenvalue weighted by Crippen LogP contribution is 2.47. The molecular weight excluding hydrogens is 575 g/mol. The Bertz CT molecular complexity index is 1460. The first-order chi connectivity index (χ1) is 19.7. The van der Waals surface area contributed by atoms with Gasteiger partial charge in [-0.05, 0) is 25.0 Å². The molecular formula is C27H28ClFN6O5S. The lowest BCUT2D eigenvalue weighted by Crippen LogP contribution is -2.53. The van der Waals surface area contributed by atoms with Crippen molar-refractivity contribution in [3.05, 3.63) is 62.5 Å². The second kappa shape index (κ2) is 10.7. The highest BCUT2D eigenvalue weighted by atomic mass is 35.5. The van der Waals surface area contributed by atoms with Gasteiger partial charge in [0.2, 0.25) is 0 Å². The molecule has 2 amide bonds. The number of rotatable bonds is 8. The predicted molar refractivity (Wildman–Crippen MR) is 148 cm³/mol. The summed E-state index contributed by atoms with van der Waals surface area (Å²) in [4.78, 5) is 52.7. The van der Waals surface area contributed by atoms with Crippen molar-refractivity contribution in [2.45, 2.75) is 36.9 Å². The number of carboxylic acid groups (broad SMARTS) is 1. The highest BCUT2D eigenvalue weighted by Gasteiger charge is 2.56. The topological polar surface area (TPSA) is 128 Å². The molecule has 4 aliphatic rings. The molecule has 3 fully saturated rings. The molecule has 2 saturated heterocycles. The van der Waals surface area contributed by atoms with E-state index in [-0.39, 0.29) is 29.1 Å². The number of fused-ring (bicyclic) bond motifs is 1. The van der Waals surface area contributed by atoms with Crippen molar-refractivity contribution in [2.75, 3.05) is 39.8 Å². The minimum Gasteiger partial charge on any atom is -0.481 e. The van der Waals surface area contributed by atoms with Crippen molar-refractivity contribution in [3.8, 4) is 0 Å². The Labute approximate surface area is 244 Å². The standard InChI is InChI=1S/C27H28ClFN6O5S/c1-40-25(38)21-19(31-23(24-30-6-9-41-24)32-22(21)17-3-2-15(29)10-18(17)28)14-33-7-8-34-16(12-33)13-35(26(34)39)27(4-5-27)11-20(36)37/h2-3,6,9-10,16,22H,4-5,7-8,11-14H2,1H3,(H,31,32)(H,36,37)/t16-,22+/m1/s1. The monoisotopic (exact) mass is 602 g/mol. The van der Waals surface area contributed by atoms with Gasteiger partial charge in [-0.15, -0.1) is 11.3 Å². The molecule has 2 N–H and O–H groups in total. The van der Waals surface area contributed by atoms with E-state index in [1.165, 1.54) is 36.6 Å². The molecule has 14 heteroatoms. The molecule has 0 bridgehead atoms. The van der Waals surface area contributed by atoms with Crippen LogP contribution in [0, 0.1) is 5.82 Å². The lowest BCUT2D eigenvalue weighted by Gasteiger charge is -2.38. The summed E-state index contributed by atoms with van der Waals surface area (Å²) >= 11 is 7.82. The molecule has 1 aliphatic carbocycles. The molecule has 1 aromatic carbocycles. The first-order valence-corrected chi connectivity index (χ1v) is 14.5. The van der Waals surface area contributed by atoms with Crippen molar-refractivity contribution < 1.29 is 28.6 Å². The molecule has 11 nitrogen and oxygen atoms in total. The van der Waals surface area contributed by atoms with E-state index in [0.29, 0.717) is 67.7 Å². The summed E-state index contributed by atoms with van der Waals surface area (Å²) in [6.45, 7) is 2.34. The fourth-order valence-electron chi connectivity index (χ4n) is 5.97. The Morgan fingerprint density at radius 3 is 2.76 bits per heavy atom. The number of esters is 1. The van der Waals surface area contributed by atoms with E-state index in [0.717, 1.165) is 0 Å². The number of amidine groups is 1. The van der Waals surface area contributed by atoms with Crippen molar-refractivity contribution in [1.82, 2.24) is 25.0 Å². The number of aromatic nitrogens is 1. The number of aliphatic imine (C=N–C) groups is 1. The fraction of sp³-hybridized carbons (Fsp3) is 0.444. The number of nitrogens with one attached hydrogen (secondary N) is 1. The van der Waals surface area contributed by atoms with Gasteiger partial charge in [-0.1, -0.05) is 17.7 Å². The van der Waals surface area contributed by atoms with Gasteiger partial charge in [-0.25, -0.2) is 19.0 Å². The summed E-state index contributed by atoms with van der Waals surface area (Å²) in [6.07, 6.45) is 3.00. The molecule has 0 radical (unpaired) electrons. The minimum atomic E-state index is -0.902. The number of ether oxygens (including phenoxy) is 1. The lowest BCUT2D eigenvalue weighted by molar-refractivity contribution is -0.138. The van der Waals surface area contributed by atoms with Gasteiger partial charge < -0.3 is 25.0 Å². The number of amides is 2. The second-order valence-electron chi connectivity index (χ2n) is 10.7. The third-order valence-corrected chi connectivity index (χ3v) is 9.23. The number of carbonyl (C=O) groups excluding carboxylic acids is 2. The van der Waals surface area contributed by atoms with E-state index in [2.05, 4.69) is 15.2 Å². The molecule has 1 saturated carbocycles. The Morgan fingerprint density at radius 1 is 1.29 bits per heavy atom. The van der Waals surface area contributed by atoms with Crippen LogP contribution in [0.2, 0.25) is 5.02 Å². The lowest BCUT2D eigenvalue weighted by atomic mass is 9.95. The van der Waals surface area contributed by atoms with Crippen molar-refractivity contribution in [1.29, 1.82) is 0 Å². The average Bonchev–Trinajstić information content (AvgIpc) is 3.34. The van der Waals surface area contributed by atoms with Crippen LogP contribution >= 0.6 is 22.9 Å². The number of benzene rings is 1. The summed E-state index contributed by atoms with van der Waals surface area (Å²) in [5.41, 5.74) is 0.682. The predicted octanol–water partition coefficient (Wildman–Crippen LogP) is 2.88. The van der Waals surface area contributed by atoms with Crippen molar-refractivity contribution >= 4 is 46.7 Å². The summed E-state index contributed by atoms with van der Waals surface area (Å²) < 4.78 is 19.1. The smallest absolute Gasteiger partial charge is 0.338 e. The maximum absolute atomic E-state index is 13.9. The minimum absolute atomic E-state index is 0.0471. The summed E-state index contributed by atoms with van der Waals surface area (Å²) in [5, 5.41) is 15.2. The molecule has 3 aliphatic heterocycles. The molecule has 4 heterocycles. The number of methoxy groups -OCH3 is 1. The van der Waals surface area contributed by atoms with E-state index in [1.807, 2.05) is 10.3 Å². The summed E-state index contributed by atoms with van der Waals surface area (Å²) in [6, 6.07) is 2.90. The fourth-order valence-corrected chi connectivity index (χ4v) is 6.83. The number of hydrogen-bond acceptors (Lipinski definition) is 9. The zero-order valence-corrected chi connectivity index (χ0v) is 23.8. The van der Waals surface area contributed by atoms with Crippen LogP contribution in [0.5, 0.6) is 0 Å². The van der Waals surface area contributed by atoms with E-state index in [1.54, 1.807) is 11.1 Å². The van der Waals surface area contributed by atoms with Crippen LogP contribution in [-0.4, -0.2) is 100 Å². The van der Waals surface area contributed by atoms with Crippen LogP contribution in [0.3, 0.4) is 0 Å². The van der Waals surface area contributed by atoms with Crippen LogP contribution < -0.4 is 5.32 Å². The van der Waals surface area contributed by atoms with Crippen LogP contribution in [0.15, 0.2) is 46.0 Å². The van der Waals surface area contributed by atoms with Crippen LogP contribution in [0.4, 0.5) is 9.18 Å². The largest absolute Gasteiger partial charge is 0.481 e. The molecule has 41 heavy (non-hydrogen) atoms. The first kappa shape index (κ1) is 27.6. The van der Waals surface area contributed by atoms with Gasteiger partial charge in [0.15, 0.2) is 10.8 Å². The Balaban J connectivity index is 1.29. The Hall–Kier alpha value is -3.55. The normalized spacial score (nSPS) is 23.7. The number of halogens is 2. The first-order valence-electron chi connectivity index (χ1n) is 13.2. The van der Waals surface area contributed by atoms with Gasteiger partial charge >= 0.3 is 18.0 Å². The summed E-state index contributed by atoms with van der Waals surface area (Å²) in [5.74, 6) is -1.54.